The molecule has 96 valence electrons. The fourth-order valence-corrected chi connectivity index (χ4v) is 2.24. The van der Waals surface area contributed by atoms with Gasteiger partial charge in [-0.1, -0.05) is 29.3 Å². The molecule has 1 saturated heterocycles. The summed E-state index contributed by atoms with van der Waals surface area (Å²) in [5, 5.41) is 9.95. The molecule has 0 saturated carbocycles. The van der Waals surface area contributed by atoms with E-state index in [2.05, 4.69) is 0 Å². The van der Waals surface area contributed by atoms with Gasteiger partial charge >= 0.3 is 0 Å². The molecule has 1 heterocycles. The predicted molar refractivity (Wildman–Crippen MR) is 72.7 cm³/mol. The Balaban J connectivity index is 1.96. The molecule has 0 unspecified atom stereocenters. The normalized spacial score (nSPS) is 16.1. The van der Waals surface area contributed by atoms with Gasteiger partial charge in [0.25, 0.3) is 0 Å². The van der Waals surface area contributed by atoms with E-state index in [1.165, 1.54) is 6.08 Å². The molecule has 2 rings (SSSR count). The van der Waals surface area contributed by atoms with Crippen LogP contribution in [0.3, 0.4) is 0 Å². The molecule has 0 atom stereocenters. The Morgan fingerprint density at radius 2 is 2.17 bits per heavy atom. The highest BCUT2D eigenvalue weighted by Gasteiger charge is 2.28. The van der Waals surface area contributed by atoms with Gasteiger partial charge in [-0.2, -0.15) is 0 Å². The average Bonchev–Trinajstić information content (AvgIpc) is 2.26. The van der Waals surface area contributed by atoms with Crippen molar-refractivity contribution in [3.8, 4) is 0 Å². The monoisotopic (exact) mass is 285 g/mol. The van der Waals surface area contributed by atoms with Gasteiger partial charge in [0.2, 0.25) is 5.91 Å². The van der Waals surface area contributed by atoms with Crippen LogP contribution in [0.4, 0.5) is 0 Å². The van der Waals surface area contributed by atoms with Crippen LogP contribution in [0, 0.1) is 5.92 Å². The Bertz CT molecular complexity index is 482. The first kappa shape index (κ1) is 13.4. The maximum Gasteiger partial charge on any atom is 0.246 e. The summed E-state index contributed by atoms with van der Waals surface area (Å²) in [6, 6.07) is 5.13. The van der Waals surface area contributed by atoms with E-state index in [1.54, 1.807) is 29.2 Å². The first-order chi connectivity index (χ1) is 8.60. The van der Waals surface area contributed by atoms with Crippen LogP contribution < -0.4 is 0 Å². The third kappa shape index (κ3) is 3.05. The summed E-state index contributed by atoms with van der Waals surface area (Å²) < 4.78 is 0. The first-order valence-corrected chi connectivity index (χ1v) is 6.38. The number of benzene rings is 1. The number of nitrogens with zero attached hydrogens (tertiary/aromatic N) is 1. The second-order valence-corrected chi connectivity index (χ2v) is 5.13. The number of aliphatic hydroxyl groups is 1. The Morgan fingerprint density at radius 3 is 2.78 bits per heavy atom. The second-order valence-electron chi connectivity index (χ2n) is 4.29. The van der Waals surface area contributed by atoms with E-state index in [0.717, 1.165) is 5.56 Å². The number of carbonyl (C=O) groups excluding carboxylic acids is 1. The lowest BCUT2D eigenvalue weighted by Gasteiger charge is -2.37. The standard InChI is InChI=1S/C13H13Cl2NO2/c14-11-3-1-10(12(15)5-11)2-4-13(18)16-6-9(7-16)8-17/h1-5,9,17H,6-8H2. The highest BCUT2D eigenvalue weighted by molar-refractivity contribution is 6.35. The summed E-state index contributed by atoms with van der Waals surface area (Å²) in [4.78, 5) is 13.4. The lowest BCUT2D eigenvalue weighted by molar-refractivity contribution is -0.132. The van der Waals surface area contributed by atoms with Gasteiger partial charge in [-0.05, 0) is 23.8 Å². The van der Waals surface area contributed by atoms with Crippen LogP contribution in [-0.2, 0) is 4.79 Å². The van der Waals surface area contributed by atoms with Gasteiger partial charge in [0.1, 0.15) is 0 Å². The molecule has 5 heteroatoms. The van der Waals surface area contributed by atoms with Gasteiger partial charge < -0.3 is 10.0 Å². The highest BCUT2D eigenvalue weighted by Crippen LogP contribution is 2.22. The number of hydrogen-bond acceptors (Lipinski definition) is 2. The number of rotatable bonds is 3. The van der Waals surface area contributed by atoms with E-state index < -0.39 is 0 Å². The molecular formula is C13H13Cl2NO2. The predicted octanol–water partition coefficient (Wildman–Crippen LogP) is 2.46. The van der Waals surface area contributed by atoms with Crippen molar-refractivity contribution in [2.24, 2.45) is 5.92 Å². The Labute approximate surface area is 116 Å². The molecule has 1 aromatic carbocycles. The van der Waals surface area contributed by atoms with Gasteiger partial charge in [-0.15, -0.1) is 0 Å². The van der Waals surface area contributed by atoms with Crippen molar-refractivity contribution in [1.82, 2.24) is 4.90 Å². The fourth-order valence-electron chi connectivity index (χ4n) is 1.77. The van der Waals surface area contributed by atoms with Crippen molar-refractivity contribution >= 4 is 35.2 Å². The minimum Gasteiger partial charge on any atom is -0.396 e. The zero-order valence-corrected chi connectivity index (χ0v) is 11.2. The molecule has 1 aliphatic heterocycles. The van der Waals surface area contributed by atoms with E-state index in [0.29, 0.717) is 23.1 Å². The average molecular weight is 286 g/mol. The number of aliphatic hydroxyl groups excluding tert-OH is 1. The van der Waals surface area contributed by atoms with Crippen LogP contribution in [-0.4, -0.2) is 35.6 Å². The quantitative estimate of drug-likeness (QED) is 0.867. The van der Waals surface area contributed by atoms with Crippen molar-refractivity contribution in [2.75, 3.05) is 19.7 Å². The summed E-state index contributed by atoms with van der Waals surface area (Å²) >= 11 is 11.8. The summed E-state index contributed by atoms with van der Waals surface area (Å²) in [6.07, 6.45) is 3.16. The molecule has 1 N–H and O–H groups in total. The highest BCUT2D eigenvalue weighted by atomic mass is 35.5. The fraction of sp³-hybridized carbons (Fsp3) is 0.308. The van der Waals surface area contributed by atoms with Crippen LogP contribution in [0.25, 0.3) is 6.08 Å². The van der Waals surface area contributed by atoms with Crippen LogP contribution in [0.5, 0.6) is 0 Å². The third-order valence-electron chi connectivity index (χ3n) is 2.90. The molecule has 1 amide bonds. The summed E-state index contributed by atoms with van der Waals surface area (Å²) in [6.45, 7) is 1.37. The van der Waals surface area contributed by atoms with E-state index in [4.69, 9.17) is 28.3 Å². The smallest absolute Gasteiger partial charge is 0.246 e. The molecule has 0 radical (unpaired) electrons. The van der Waals surface area contributed by atoms with Gasteiger partial charge in [0.05, 0.1) is 0 Å². The number of hydrogen-bond donors (Lipinski definition) is 1. The van der Waals surface area contributed by atoms with E-state index in [9.17, 15) is 4.79 Å². The van der Waals surface area contributed by atoms with Crippen LogP contribution in [0.15, 0.2) is 24.3 Å². The van der Waals surface area contributed by atoms with Crippen molar-refractivity contribution in [1.29, 1.82) is 0 Å². The van der Waals surface area contributed by atoms with Crippen molar-refractivity contribution in [3.63, 3.8) is 0 Å². The Kier molecular flexibility index (Phi) is 4.27. The zero-order chi connectivity index (χ0) is 13.1. The van der Waals surface area contributed by atoms with Crippen LogP contribution >= 0.6 is 23.2 Å². The number of carbonyl (C=O) groups is 1. The molecule has 1 aromatic rings. The van der Waals surface area contributed by atoms with E-state index in [1.807, 2.05) is 0 Å². The minimum absolute atomic E-state index is 0.0642. The molecule has 1 aliphatic rings. The Morgan fingerprint density at radius 1 is 1.44 bits per heavy atom. The summed E-state index contributed by atoms with van der Waals surface area (Å²) in [5.41, 5.74) is 0.758. The van der Waals surface area contributed by atoms with E-state index in [-0.39, 0.29) is 18.4 Å². The van der Waals surface area contributed by atoms with Crippen molar-refractivity contribution in [3.05, 3.63) is 39.9 Å². The molecule has 0 aromatic heterocycles. The lowest BCUT2D eigenvalue weighted by Crippen LogP contribution is -2.50. The van der Waals surface area contributed by atoms with Gasteiger partial charge in [0.15, 0.2) is 0 Å². The largest absolute Gasteiger partial charge is 0.396 e. The number of likely N-dealkylation sites (tertiary alicyclic amines) is 1. The Hall–Kier alpha value is -1.03. The topological polar surface area (TPSA) is 40.5 Å². The maximum atomic E-state index is 11.7. The molecular weight excluding hydrogens is 273 g/mol. The van der Waals surface area contributed by atoms with Gasteiger partial charge in [-0.3, -0.25) is 4.79 Å². The van der Waals surface area contributed by atoms with Crippen molar-refractivity contribution < 1.29 is 9.90 Å². The van der Waals surface area contributed by atoms with Crippen molar-refractivity contribution in [2.45, 2.75) is 0 Å². The van der Waals surface area contributed by atoms with Gasteiger partial charge in [0, 0.05) is 41.7 Å². The SMILES string of the molecule is O=C(C=Cc1ccc(Cl)cc1Cl)N1CC(CO)C1. The molecule has 0 aliphatic carbocycles. The zero-order valence-electron chi connectivity index (χ0n) is 9.64. The van der Waals surface area contributed by atoms with E-state index >= 15 is 0 Å². The molecule has 0 bridgehead atoms. The van der Waals surface area contributed by atoms with Crippen LogP contribution in [0.1, 0.15) is 5.56 Å². The summed E-state index contributed by atoms with van der Waals surface area (Å²) in [5.74, 6) is 0.159. The second kappa shape index (κ2) is 5.74. The van der Waals surface area contributed by atoms with Gasteiger partial charge in [-0.25, -0.2) is 0 Å². The molecule has 1 fully saturated rings. The minimum atomic E-state index is -0.0642. The number of halogens is 2. The maximum absolute atomic E-state index is 11.7. The number of amides is 1. The lowest BCUT2D eigenvalue weighted by atomic mass is 10.0. The van der Waals surface area contributed by atoms with Crippen LogP contribution in [0.2, 0.25) is 10.0 Å². The molecule has 3 nitrogen and oxygen atoms in total. The molecule has 0 spiro atoms. The third-order valence-corrected chi connectivity index (χ3v) is 3.46. The molecule has 18 heavy (non-hydrogen) atoms. The summed E-state index contributed by atoms with van der Waals surface area (Å²) in [7, 11) is 0. The first-order valence-electron chi connectivity index (χ1n) is 5.63.